The van der Waals surface area contributed by atoms with E-state index in [1.165, 1.54) is 0 Å². The van der Waals surface area contributed by atoms with Gasteiger partial charge < -0.3 is 10.1 Å². The number of amides is 3. The summed E-state index contributed by atoms with van der Waals surface area (Å²) < 4.78 is 5.10. The first-order chi connectivity index (χ1) is 12.0. The number of methoxy groups -OCH3 is 1. The van der Waals surface area contributed by atoms with Crippen LogP contribution in [0.1, 0.15) is 5.56 Å². The quantitative estimate of drug-likeness (QED) is 0.650. The number of rotatable bonds is 6. The van der Waals surface area contributed by atoms with Crippen molar-refractivity contribution in [2.75, 3.05) is 24.4 Å². The highest BCUT2D eigenvalue weighted by atomic mass is 35.5. The first kappa shape index (κ1) is 16.7. The number of urea groups is 1. The van der Waals surface area contributed by atoms with Crippen molar-refractivity contribution < 1.29 is 14.3 Å². The highest BCUT2D eigenvalue weighted by Crippen LogP contribution is 2.14. The minimum Gasteiger partial charge on any atom is -0.497 e. The monoisotopic (exact) mass is 363 g/mol. The third kappa shape index (κ3) is 4.23. The molecule has 0 saturated carbocycles. The molecule has 3 N–H and O–H groups in total. The molecule has 0 radical (unpaired) electrons. The lowest BCUT2D eigenvalue weighted by molar-refractivity contribution is -0.118. The van der Waals surface area contributed by atoms with Crippen LogP contribution in [-0.4, -0.2) is 45.6 Å². The maximum Gasteiger partial charge on any atom is 0.343 e. The number of ether oxygens (including phenoxy) is 1. The molecular formula is C14H14ClN7O3. The molecule has 130 valence electrons. The molecule has 1 aliphatic rings. The molecule has 1 aromatic heterocycles. The van der Waals surface area contributed by atoms with E-state index in [1.54, 1.807) is 7.11 Å². The Hall–Kier alpha value is -3.14. The smallest absolute Gasteiger partial charge is 0.343 e. The summed E-state index contributed by atoms with van der Waals surface area (Å²) in [7, 11) is 1.60. The maximum atomic E-state index is 11.5. The van der Waals surface area contributed by atoms with Gasteiger partial charge in [-0.2, -0.15) is 15.0 Å². The standard InChI is InChI=1S/C14H14ClN7O3/c1-25-9-4-2-8(3-5-9)6-16-12-18-11(15)19-13(20-12)21-22-7-10(23)17-14(22)24/h2-5H,6-7H2,1H3,(H,17,23,24)(H2,16,18,19,20,21). The van der Waals surface area contributed by atoms with Crippen molar-refractivity contribution in [2.24, 2.45) is 0 Å². The zero-order chi connectivity index (χ0) is 17.8. The van der Waals surface area contributed by atoms with Crippen molar-refractivity contribution in [3.8, 4) is 5.75 Å². The zero-order valence-corrected chi connectivity index (χ0v) is 13.9. The average molecular weight is 364 g/mol. The van der Waals surface area contributed by atoms with Gasteiger partial charge in [0.15, 0.2) is 0 Å². The lowest BCUT2D eigenvalue weighted by atomic mass is 10.2. The molecule has 0 spiro atoms. The predicted molar refractivity (Wildman–Crippen MR) is 89.0 cm³/mol. The number of hydrazine groups is 1. The summed E-state index contributed by atoms with van der Waals surface area (Å²) in [5.74, 6) is 0.610. The van der Waals surface area contributed by atoms with Crippen LogP contribution >= 0.6 is 11.6 Å². The number of carbonyl (C=O) groups is 2. The second-order valence-corrected chi connectivity index (χ2v) is 5.34. The summed E-state index contributed by atoms with van der Waals surface area (Å²) >= 11 is 5.88. The van der Waals surface area contributed by atoms with Gasteiger partial charge in [0, 0.05) is 6.54 Å². The Balaban J connectivity index is 1.66. The van der Waals surface area contributed by atoms with Gasteiger partial charge in [-0.3, -0.25) is 15.5 Å². The minimum absolute atomic E-state index is 0.0436. The van der Waals surface area contributed by atoms with Gasteiger partial charge in [0.1, 0.15) is 12.3 Å². The number of hydrogen-bond donors (Lipinski definition) is 3. The van der Waals surface area contributed by atoms with Crippen LogP contribution in [0.2, 0.25) is 5.28 Å². The number of nitrogens with one attached hydrogen (secondary N) is 3. The molecule has 3 rings (SSSR count). The predicted octanol–water partition coefficient (Wildman–Crippen LogP) is 1.02. The molecule has 11 heteroatoms. The zero-order valence-electron chi connectivity index (χ0n) is 13.1. The number of imide groups is 1. The van der Waals surface area contributed by atoms with Gasteiger partial charge in [-0.05, 0) is 29.3 Å². The maximum absolute atomic E-state index is 11.5. The van der Waals surface area contributed by atoms with Gasteiger partial charge in [-0.25, -0.2) is 9.80 Å². The SMILES string of the molecule is COc1ccc(CNc2nc(Cl)nc(NN3CC(=O)NC3=O)n2)cc1. The first-order valence-electron chi connectivity index (χ1n) is 7.20. The van der Waals surface area contributed by atoms with Crippen molar-refractivity contribution in [1.82, 2.24) is 25.3 Å². The van der Waals surface area contributed by atoms with Crippen molar-refractivity contribution in [3.63, 3.8) is 0 Å². The molecule has 0 atom stereocenters. The Morgan fingerprint density at radius 1 is 1.20 bits per heavy atom. The van der Waals surface area contributed by atoms with Gasteiger partial charge >= 0.3 is 6.03 Å². The molecular weight excluding hydrogens is 350 g/mol. The number of carbonyl (C=O) groups excluding carboxylic acids is 2. The van der Waals surface area contributed by atoms with E-state index in [4.69, 9.17) is 16.3 Å². The number of benzene rings is 1. The van der Waals surface area contributed by atoms with E-state index >= 15 is 0 Å². The van der Waals surface area contributed by atoms with Crippen molar-refractivity contribution in [3.05, 3.63) is 35.1 Å². The average Bonchev–Trinajstić information content (AvgIpc) is 2.90. The van der Waals surface area contributed by atoms with E-state index in [0.717, 1.165) is 16.3 Å². The van der Waals surface area contributed by atoms with Crippen LogP contribution in [-0.2, 0) is 11.3 Å². The van der Waals surface area contributed by atoms with Gasteiger partial charge in [0.05, 0.1) is 7.11 Å². The molecule has 25 heavy (non-hydrogen) atoms. The number of hydrogen-bond acceptors (Lipinski definition) is 8. The summed E-state index contributed by atoms with van der Waals surface area (Å²) in [5.41, 5.74) is 3.60. The Morgan fingerprint density at radius 3 is 2.56 bits per heavy atom. The van der Waals surface area contributed by atoms with Gasteiger partial charge in [-0.15, -0.1) is 0 Å². The summed E-state index contributed by atoms with van der Waals surface area (Å²) in [4.78, 5) is 34.7. The van der Waals surface area contributed by atoms with Crippen LogP contribution < -0.4 is 20.8 Å². The molecule has 1 aromatic carbocycles. The third-order valence-corrected chi connectivity index (χ3v) is 3.42. The largest absolute Gasteiger partial charge is 0.497 e. The topological polar surface area (TPSA) is 121 Å². The molecule has 0 bridgehead atoms. The van der Waals surface area contributed by atoms with Crippen molar-refractivity contribution >= 4 is 35.4 Å². The Morgan fingerprint density at radius 2 is 1.92 bits per heavy atom. The molecule has 0 unspecified atom stereocenters. The lowest BCUT2D eigenvalue weighted by Gasteiger charge is -2.15. The molecule has 3 amide bonds. The lowest BCUT2D eigenvalue weighted by Crippen LogP contribution is -2.34. The molecule has 2 heterocycles. The van der Waals surface area contributed by atoms with E-state index < -0.39 is 11.9 Å². The van der Waals surface area contributed by atoms with Crippen LogP contribution in [0, 0.1) is 0 Å². The van der Waals surface area contributed by atoms with E-state index in [1.807, 2.05) is 24.3 Å². The van der Waals surface area contributed by atoms with E-state index in [-0.39, 0.29) is 23.7 Å². The Kier molecular flexibility index (Phi) is 4.80. The highest BCUT2D eigenvalue weighted by Gasteiger charge is 2.27. The van der Waals surface area contributed by atoms with Gasteiger partial charge in [0.25, 0.3) is 0 Å². The fourth-order valence-electron chi connectivity index (χ4n) is 2.06. The fraction of sp³-hybridized carbons (Fsp3) is 0.214. The summed E-state index contributed by atoms with van der Waals surface area (Å²) in [5, 5.41) is 6.13. The second kappa shape index (κ2) is 7.18. The second-order valence-electron chi connectivity index (χ2n) is 5.00. The third-order valence-electron chi connectivity index (χ3n) is 3.25. The van der Waals surface area contributed by atoms with E-state index in [9.17, 15) is 9.59 Å². The molecule has 2 aromatic rings. The van der Waals surface area contributed by atoms with Crippen LogP contribution in [0.4, 0.5) is 16.7 Å². The van der Waals surface area contributed by atoms with Crippen molar-refractivity contribution in [1.29, 1.82) is 0 Å². The van der Waals surface area contributed by atoms with Gasteiger partial charge in [-0.1, -0.05) is 12.1 Å². The Bertz CT molecular complexity index is 800. The fourth-order valence-corrected chi connectivity index (χ4v) is 2.22. The van der Waals surface area contributed by atoms with Crippen LogP contribution in [0.15, 0.2) is 24.3 Å². The van der Waals surface area contributed by atoms with E-state index in [2.05, 4.69) is 31.0 Å². The van der Waals surface area contributed by atoms with E-state index in [0.29, 0.717) is 6.54 Å². The Labute approximate surface area is 147 Å². The minimum atomic E-state index is -0.589. The number of aromatic nitrogens is 3. The van der Waals surface area contributed by atoms with Crippen LogP contribution in [0.25, 0.3) is 0 Å². The summed E-state index contributed by atoms with van der Waals surface area (Å²) in [6.07, 6.45) is 0. The normalized spacial score (nSPS) is 13.6. The molecule has 1 fully saturated rings. The number of nitrogens with zero attached hydrogens (tertiary/aromatic N) is 4. The molecule has 1 aliphatic heterocycles. The first-order valence-corrected chi connectivity index (χ1v) is 7.57. The molecule has 1 saturated heterocycles. The number of halogens is 1. The van der Waals surface area contributed by atoms with Crippen molar-refractivity contribution in [2.45, 2.75) is 6.54 Å². The molecule has 0 aliphatic carbocycles. The van der Waals surface area contributed by atoms with Crippen LogP contribution in [0.3, 0.4) is 0 Å². The molecule has 10 nitrogen and oxygen atoms in total. The highest BCUT2D eigenvalue weighted by molar-refractivity contribution is 6.28. The van der Waals surface area contributed by atoms with Crippen LogP contribution in [0.5, 0.6) is 5.75 Å². The van der Waals surface area contributed by atoms with Gasteiger partial charge in [0.2, 0.25) is 23.1 Å². The summed E-state index contributed by atoms with van der Waals surface area (Å²) in [6, 6.07) is 6.89. The number of anilines is 2. The summed E-state index contributed by atoms with van der Waals surface area (Å²) in [6.45, 7) is 0.309.